The van der Waals surface area contributed by atoms with Crippen molar-refractivity contribution in [3.8, 4) is 5.75 Å². The summed E-state index contributed by atoms with van der Waals surface area (Å²) in [6, 6.07) is 3.94. The zero-order valence-corrected chi connectivity index (χ0v) is 13.5. The van der Waals surface area contributed by atoms with Gasteiger partial charge in [-0.05, 0) is 18.1 Å². The van der Waals surface area contributed by atoms with Crippen molar-refractivity contribution in [1.29, 1.82) is 0 Å². The number of nitrogens with zero attached hydrogens (tertiary/aromatic N) is 1. The van der Waals surface area contributed by atoms with Gasteiger partial charge in [-0.1, -0.05) is 6.07 Å². The van der Waals surface area contributed by atoms with Crippen molar-refractivity contribution in [2.45, 2.75) is 31.7 Å². The second-order valence-electron chi connectivity index (χ2n) is 4.95. The number of methoxy groups -OCH3 is 2. The molecular formula is C15H21NO8. The molecule has 2 unspecified atom stereocenters. The summed E-state index contributed by atoms with van der Waals surface area (Å²) in [5.74, 6) is -0.832. The summed E-state index contributed by atoms with van der Waals surface area (Å²) in [4.78, 5) is 22.4. The molecular weight excluding hydrogens is 322 g/mol. The van der Waals surface area contributed by atoms with E-state index in [1.165, 1.54) is 32.4 Å². The number of aliphatic hydroxyl groups excluding tert-OH is 2. The molecule has 0 bridgehead atoms. The minimum Gasteiger partial charge on any atom is -0.471 e. The van der Waals surface area contributed by atoms with Crippen LogP contribution in [0, 0.1) is 10.1 Å². The molecule has 2 N–H and O–H groups in total. The molecule has 9 nitrogen and oxygen atoms in total. The van der Waals surface area contributed by atoms with E-state index in [4.69, 9.17) is 19.7 Å². The Hall–Kier alpha value is -2.23. The Morgan fingerprint density at radius 2 is 2.04 bits per heavy atom. The van der Waals surface area contributed by atoms with Gasteiger partial charge in [0.15, 0.2) is 11.9 Å². The number of benzene rings is 1. The molecule has 24 heavy (non-hydrogen) atoms. The summed E-state index contributed by atoms with van der Waals surface area (Å²) >= 11 is 0. The summed E-state index contributed by atoms with van der Waals surface area (Å²) in [7, 11) is 2.60. The molecule has 9 heteroatoms. The van der Waals surface area contributed by atoms with Crippen molar-refractivity contribution in [1.82, 2.24) is 0 Å². The average Bonchev–Trinajstić information content (AvgIpc) is 2.59. The number of hydrogen-bond donors (Lipinski definition) is 2. The zero-order chi connectivity index (χ0) is 18.1. The lowest BCUT2D eigenvalue weighted by Gasteiger charge is -2.21. The Labute approximate surface area is 138 Å². The molecule has 134 valence electrons. The van der Waals surface area contributed by atoms with Crippen LogP contribution in [0.4, 0.5) is 5.69 Å². The quantitative estimate of drug-likeness (QED) is 0.362. The van der Waals surface area contributed by atoms with Crippen LogP contribution in [0.3, 0.4) is 0 Å². The fourth-order valence-corrected chi connectivity index (χ4v) is 2.10. The third-order valence-corrected chi connectivity index (χ3v) is 3.40. The highest BCUT2D eigenvalue weighted by Gasteiger charge is 2.28. The molecule has 1 aromatic rings. The van der Waals surface area contributed by atoms with Crippen molar-refractivity contribution in [2.75, 3.05) is 20.8 Å². The van der Waals surface area contributed by atoms with E-state index >= 15 is 0 Å². The Kier molecular flexibility index (Phi) is 8.10. The van der Waals surface area contributed by atoms with Gasteiger partial charge in [0.1, 0.15) is 0 Å². The first-order chi connectivity index (χ1) is 11.5. The van der Waals surface area contributed by atoms with E-state index in [9.17, 15) is 14.9 Å². The second kappa shape index (κ2) is 9.81. The Bertz CT molecular complexity index is 562. The van der Waals surface area contributed by atoms with Crippen molar-refractivity contribution >= 4 is 11.7 Å². The molecule has 0 heterocycles. The second-order valence-corrected chi connectivity index (χ2v) is 4.95. The van der Waals surface area contributed by atoms with Gasteiger partial charge in [-0.2, -0.15) is 0 Å². The van der Waals surface area contributed by atoms with Gasteiger partial charge in [-0.25, -0.2) is 4.79 Å². The fraction of sp³-hybridized carbons (Fsp3) is 0.533. The van der Waals surface area contributed by atoms with E-state index in [0.717, 1.165) is 0 Å². The summed E-state index contributed by atoms with van der Waals surface area (Å²) in [5, 5.41) is 29.2. The molecule has 0 saturated heterocycles. The highest BCUT2D eigenvalue weighted by atomic mass is 16.6. The standard InChI is InChI=1S/C15H21NO8/c1-22-11(5-6-17)8-14(15(19)23-2)24-13-4-3-10(9-18)7-12(13)16(20)21/h3-4,7,11,14,17-18H,5-6,8-9H2,1-2H3. The van der Waals surface area contributed by atoms with Crippen molar-refractivity contribution in [2.24, 2.45) is 0 Å². The van der Waals surface area contributed by atoms with Gasteiger partial charge in [-0.15, -0.1) is 0 Å². The number of carbonyl (C=O) groups excluding carboxylic acids is 1. The number of rotatable bonds is 10. The molecule has 1 aromatic carbocycles. The third-order valence-electron chi connectivity index (χ3n) is 3.40. The van der Waals surface area contributed by atoms with Gasteiger partial charge in [0.2, 0.25) is 0 Å². The van der Waals surface area contributed by atoms with Gasteiger partial charge in [0, 0.05) is 26.2 Å². The van der Waals surface area contributed by atoms with Gasteiger partial charge >= 0.3 is 11.7 Å². The first-order valence-corrected chi connectivity index (χ1v) is 7.23. The number of nitro benzene ring substituents is 1. The number of ether oxygens (including phenoxy) is 3. The normalized spacial score (nSPS) is 13.2. The lowest BCUT2D eigenvalue weighted by Crippen LogP contribution is -2.33. The van der Waals surface area contributed by atoms with Crippen molar-refractivity contribution in [3.05, 3.63) is 33.9 Å². The maximum absolute atomic E-state index is 11.9. The Morgan fingerprint density at radius 1 is 1.33 bits per heavy atom. The average molecular weight is 343 g/mol. The van der Waals surface area contributed by atoms with E-state index in [1.807, 2.05) is 0 Å². The predicted molar refractivity (Wildman–Crippen MR) is 82.6 cm³/mol. The molecule has 0 spiro atoms. The van der Waals surface area contributed by atoms with Crippen molar-refractivity contribution in [3.63, 3.8) is 0 Å². The summed E-state index contributed by atoms with van der Waals surface area (Å²) in [6.07, 6.45) is -1.28. The summed E-state index contributed by atoms with van der Waals surface area (Å²) in [6.45, 7) is -0.498. The lowest BCUT2D eigenvalue weighted by molar-refractivity contribution is -0.386. The lowest BCUT2D eigenvalue weighted by atomic mass is 10.1. The fourth-order valence-electron chi connectivity index (χ4n) is 2.10. The number of aliphatic hydroxyl groups is 2. The first-order valence-electron chi connectivity index (χ1n) is 7.23. The van der Waals surface area contributed by atoms with Gasteiger partial charge in [0.25, 0.3) is 0 Å². The van der Waals surface area contributed by atoms with Gasteiger partial charge < -0.3 is 24.4 Å². The van der Waals surface area contributed by atoms with E-state index in [-0.39, 0.29) is 37.5 Å². The van der Waals surface area contributed by atoms with Crippen LogP contribution in [0.1, 0.15) is 18.4 Å². The minimum absolute atomic E-state index is 0.0582. The van der Waals surface area contributed by atoms with E-state index in [2.05, 4.69) is 4.74 Å². The number of carbonyl (C=O) groups is 1. The molecule has 0 aliphatic carbocycles. The molecule has 0 amide bonds. The van der Waals surface area contributed by atoms with Crippen LogP contribution in [0.15, 0.2) is 18.2 Å². The largest absolute Gasteiger partial charge is 0.471 e. The van der Waals surface area contributed by atoms with Crippen LogP contribution in [0.5, 0.6) is 5.75 Å². The molecule has 0 fully saturated rings. The van der Waals surface area contributed by atoms with Gasteiger partial charge in [0.05, 0.1) is 24.7 Å². The summed E-state index contributed by atoms with van der Waals surface area (Å²) < 4.78 is 15.3. The molecule has 0 aliphatic rings. The topological polar surface area (TPSA) is 128 Å². The smallest absolute Gasteiger partial charge is 0.347 e. The molecule has 0 aromatic heterocycles. The Morgan fingerprint density at radius 3 is 2.54 bits per heavy atom. The molecule has 0 radical (unpaired) electrons. The maximum Gasteiger partial charge on any atom is 0.347 e. The van der Waals surface area contributed by atoms with Gasteiger partial charge in [-0.3, -0.25) is 10.1 Å². The van der Waals surface area contributed by atoms with E-state index in [0.29, 0.717) is 5.56 Å². The number of hydrogen-bond acceptors (Lipinski definition) is 8. The molecule has 1 rings (SSSR count). The van der Waals surface area contributed by atoms with Crippen molar-refractivity contribution < 1.29 is 34.1 Å². The SMILES string of the molecule is COC(=O)C(CC(CCO)OC)Oc1ccc(CO)cc1[N+](=O)[O-]. The molecule has 2 atom stereocenters. The first kappa shape index (κ1) is 19.8. The van der Waals surface area contributed by atoms with Crippen LogP contribution in [-0.4, -0.2) is 54.1 Å². The highest BCUT2D eigenvalue weighted by Crippen LogP contribution is 2.30. The van der Waals surface area contributed by atoms with Crippen LogP contribution in [0.25, 0.3) is 0 Å². The van der Waals surface area contributed by atoms with E-state index in [1.54, 1.807) is 0 Å². The van der Waals surface area contributed by atoms with Crippen LogP contribution in [-0.2, 0) is 20.9 Å². The predicted octanol–water partition coefficient (Wildman–Crippen LogP) is 0.795. The maximum atomic E-state index is 11.9. The third kappa shape index (κ3) is 5.44. The van der Waals surface area contributed by atoms with E-state index < -0.39 is 23.1 Å². The zero-order valence-electron chi connectivity index (χ0n) is 13.5. The van der Waals surface area contributed by atoms with Crippen LogP contribution >= 0.6 is 0 Å². The molecule has 0 aliphatic heterocycles. The minimum atomic E-state index is -1.13. The van der Waals surface area contributed by atoms with Crippen LogP contribution in [0.2, 0.25) is 0 Å². The van der Waals surface area contributed by atoms with Crippen LogP contribution < -0.4 is 4.74 Å². The number of nitro groups is 1. The number of esters is 1. The Balaban J connectivity index is 3.05. The molecule has 0 saturated carbocycles. The monoisotopic (exact) mass is 343 g/mol. The highest BCUT2D eigenvalue weighted by molar-refractivity contribution is 5.75. The summed E-state index contributed by atoms with van der Waals surface area (Å²) in [5.41, 5.74) is -0.0229.